The standard InChI is InChI=1S/C13H18FNO3/c1-13(9-17-2,12(16)18-3)15-8-10-4-6-11(14)7-5-10/h4-7,15H,8-9H2,1-3H3. The number of esters is 1. The third kappa shape index (κ3) is 3.78. The summed E-state index contributed by atoms with van der Waals surface area (Å²) in [5.74, 6) is -0.683. The van der Waals surface area contributed by atoms with Crippen LogP contribution in [-0.4, -0.2) is 32.3 Å². The molecular weight excluding hydrogens is 237 g/mol. The van der Waals surface area contributed by atoms with Gasteiger partial charge in [-0.1, -0.05) is 12.1 Å². The Morgan fingerprint density at radius 3 is 2.44 bits per heavy atom. The van der Waals surface area contributed by atoms with Crippen LogP contribution in [0.15, 0.2) is 24.3 Å². The molecule has 1 aromatic carbocycles. The molecule has 0 amide bonds. The Balaban J connectivity index is 2.67. The lowest BCUT2D eigenvalue weighted by molar-refractivity contribution is -0.150. The van der Waals surface area contributed by atoms with E-state index in [-0.39, 0.29) is 12.4 Å². The maximum absolute atomic E-state index is 12.7. The first-order valence-corrected chi connectivity index (χ1v) is 5.58. The summed E-state index contributed by atoms with van der Waals surface area (Å²) in [5.41, 5.74) is -0.0413. The van der Waals surface area contributed by atoms with Crippen LogP contribution in [0.4, 0.5) is 4.39 Å². The highest BCUT2D eigenvalue weighted by atomic mass is 19.1. The zero-order chi connectivity index (χ0) is 13.6. The van der Waals surface area contributed by atoms with Gasteiger partial charge < -0.3 is 9.47 Å². The molecule has 0 aliphatic rings. The van der Waals surface area contributed by atoms with Crippen molar-refractivity contribution >= 4 is 5.97 Å². The molecule has 0 bridgehead atoms. The smallest absolute Gasteiger partial charge is 0.328 e. The molecule has 0 saturated carbocycles. The molecular formula is C13H18FNO3. The summed E-state index contributed by atoms with van der Waals surface area (Å²) in [4.78, 5) is 11.7. The van der Waals surface area contributed by atoms with E-state index in [1.54, 1.807) is 19.1 Å². The van der Waals surface area contributed by atoms with Gasteiger partial charge >= 0.3 is 5.97 Å². The Morgan fingerprint density at radius 2 is 1.94 bits per heavy atom. The van der Waals surface area contributed by atoms with Gasteiger partial charge in [-0.3, -0.25) is 5.32 Å². The number of nitrogens with one attached hydrogen (secondary N) is 1. The lowest BCUT2D eigenvalue weighted by Crippen LogP contribution is -2.53. The zero-order valence-electron chi connectivity index (χ0n) is 10.8. The van der Waals surface area contributed by atoms with E-state index in [9.17, 15) is 9.18 Å². The lowest BCUT2D eigenvalue weighted by Gasteiger charge is -2.27. The van der Waals surface area contributed by atoms with Crippen LogP contribution in [0.5, 0.6) is 0 Å². The maximum atomic E-state index is 12.7. The topological polar surface area (TPSA) is 47.6 Å². The fourth-order valence-corrected chi connectivity index (χ4v) is 1.60. The second kappa shape index (κ2) is 6.47. The molecule has 0 aliphatic carbocycles. The number of benzene rings is 1. The van der Waals surface area contributed by atoms with Crippen LogP contribution >= 0.6 is 0 Å². The molecule has 0 radical (unpaired) electrons. The number of rotatable bonds is 6. The van der Waals surface area contributed by atoms with Gasteiger partial charge in [0.15, 0.2) is 0 Å². The van der Waals surface area contributed by atoms with Crippen LogP contribution in [0.1, 0.15) is 12.5 Å². The SMILES string of the molecule is COCC(C)(NCc1ccc(F)cc1)C(=O)OC. The molecule has 0 aliphatic heterocycles. The molecule has 0 heterocycles. The quantitative estimate of drug-likeness (QED) is 0.782. The fraction of sp³-hybridized carbons (Fsp3) is 0.462. The molecule has 1 N–H and O–H groups in total. The molecule has 1 unspecified atom stereocenters. The Kier molecular flexibility index (Phi) is 5.25. The minimum Gasteiger partial charge on any atom is -0.468 e. The summed E-state index contributed by atoms with van der Waals surface area (Å²) in [6, 6.07) is 6.07. The maximum Gasteiger partial charge on any atom is 0.328 e. The van der Waals surface area contributed by atoms with Crippen molar-refractivity contribution in [3.8, 4) is 0 Å². The van der Waals surface area contributed by atoms with Gasteiger partial charge in [-0.05, 0) is 24.6 Å². The van der Waals surface area contributed by atoms with Gasteiger partial charge in [-0.2, -0.15) is 0 Å². The zero-order valence-corrected chi connectivity index (χ0v) is 10.8. The first-order valence-electron chi connectivity index (χ1n) is 5.58. The first-order chi connectivity index (χ1) is 8.51. The highest BCUT2D eigenvalue weighted by Crippen LogP contribution is 2.10. The van der Waals surface area contributed by atoms with Gasteiger partial charge in [0, 0.05) is 13.7 Å². The average molecular weight is 255 g/mol. The van der Waals surface area contributed by atoms with E-state index in [0.717, 1.165) is 5.56 Å². The van der Waals surface area contributed by atoms with E-state index in [4.69, 9.17) is 9.47 Å². The summed E-state index contributed by atoms with van der Waals surface area (Å²) in [6.45, 7) is 2.32. The number of hydrogen-bond donors (Lipinski definition) is 1. The molecule has 0 fully saturated rings. The largest absolute Gasteiger partial charge is 0.468 e. The van der Waals surface area contributed by atoms with Crippen molar-refractivity contribution in [3.63, 3.8) is 0 Å². The van der Waals surface area contributed by atoms with Crippen molar-refractivity contribution in [2.75, 3.05) is 20.8 Å². The Morgan fingerprint density at radius 1 is 1.33 bits per heavy atom. The van der Waals surface area contributed by atoms with E-state index in [1.807, 2.05) is 0 Å². The molecule has 1 aromatic rings. The normalized spacial score (nSPS) is 14.0. The Bertz CT molecular complexity index is 394. The molecule has 100 valence electrons. The summed E-state index contributed by atoms with van der Waals surface area (Å²) in [6.07, 6.45) is 0. The highest BCUT2D eigenvalue weighted by molar-refractivity contribution is 5.80. The predicted molar refractivity (Wildman–Crippen MR) is 65.5 cm³/mol. The van der Waals surface area contributed by atoms with E-state index in [2.05, 4.69) is 5.32 Å². The molecule has 0 aromatic heterocycles. The third-order valence-electron chi connectivity index (χ3n) is 2.66. The van der Waals surface area contributed by atoms with E-state index < -0.39 is 11.5 Å². The number of hydrogen-bond acceptors (Lipinski definition) is 4. The molecule has 18 heavy (non-hydrogen) atoms. The summed E-state index contributed by atoms with van der Waals surface area (Å²) >= 11 is 0. The number of ether oxygens (including phenoxy) is 2. The van der Waals surface area contributed by atoms with Crippen molar-refractivity contribution in [3.05, 3.63) is 35.6 Å². The van der Waals surface area contributed by atoms with Crippen molar-refractivity contribution in [1.29, 1.82) is 0 Å². The summed E-state index contributed by atoms with van der Waals surface area (Å²) in [7, 11) is 2.84. The van der Waals surface area contributed by atoms with E-state index >= 15 is 0 Å². The molecule has 1 rings (SSSR count). The third-order valence-corrected chi connectivity index (χ3v) is 2.66. The summed E-state index contributed by atoms with van der Waals surface area (Å²) in [5, 5.41) is 3.06. The first kappa shape index (κ1) is 14.6. The van der Waals surface area contributed by atoms with E-state index in [1.165, 1.54) is 26.4 Å². The van der Waals surface area contributed by atoms with Crippen LogP contribution in [0.25, 0.3) is 0 Å². The average Bonchev–Trinajstić information content (AvgIpc) is 2.37. The van der Waals surface area contributed by atoms with Crippen molar-refractivity contribution in [2.24, 2.45) is 0 Å². The van der Waals surface area contributed by atoms with Gasteiger partial charge in [0.1, 0.15) is 11.4 Å². The molecule has 4 nitrogen and oxygen atoms in total. The monoisotopic (exact) mass is 255 g/mol. The molecule has 0 saturated heterocycles. The highest BCUT2D eigenvalue weighted by Gasteiger charge is 2.33. The molecule has 1 atom stereocenters. The molecule has 5 heteroatoms. The van der Waals surface area contributed by atoms with Crippen LogP contribution in [0.3, 0.4) is 0 Å². The Labute approximate surface area is 106 Å². The second-order valence-electron chi connectivity index (χ2n) is 4.24. The van der Waals surface area contributed by atoms with Crippen LogP contribution < -0.4 is 5.32 Å². The van der Waals surface area contributed by atoms with Crippen molar-refractivity contribution in [2.45, 2.75) is 19.0 Å². The minimum atomic E-state index is -0.919. The number of carbonyl (C=O) groups excluding carboxylic acids is 1. The molecule has 0 spiro atoms. The lowest BCUT2D eigenvalue weighted by atomic mass is 10.0. The van der Waals surface area contributed by atoms with Gasteiger partial charge in [-0.15, -0.1) is 0 Å². The predicted octanol–water partition coefficient (Wildman–Crippen LogP) is 1.49. The number of halogens is 1. The van der Waals surface area contributed by atoms with Crippen LogP contribution in [-0.2, 0) is 20.8 Å². The van der Waals surface area contributed by atoms with Crippen LogP contribution in [0, 0.1) is 5.82 Å². The minimum absolute atomic E-state index is 0.195. The van der Waals surface area contributed by atoms with Gasteiger partial charge in [-0.25, -0.2) is 9.18 Å². The Hall–Kier alpha value is -1.46. The van der Waals surface area contributed by atoms with Crippen molar-refractivity contribution < 1.29 is 18.7 Å². The van der Waals surface area contributed by atoms with Crippen LogP contribution in [0.2, 0.25) is 0 Å². The van der Waals surface area contributed by atoms with Gasteiger partial charge in [0.25, 0.3) is 0 Å². The second-order valence-corrected chi connectivity index (χ2v) is 4.24. The number of methoxy groups -OCH3 is 2. The summed E-state index contributed by atoms with van der Waals surface area (Å²) < 4.78 is 22.5. The fourth-order valence-electron chi connectivity index (χ4n) is 1.60. The number of carbonyl (C=O) groups is 1. The van der Waals surface area contributed by atoms with Crippen molar-refractivity contribution in [1.82, 2.24) is 5.32 Å². The van der Waals surface area contributed by atoms with E-state index in [0.29, 0.717) is 6.54 Å². The van der Waals surface area contributed by atoms with Gasteiger partial charge in [0.2, 0.25) is 0 Å². The van der Waals surface area contributed by atoms with Gasteiger partial charge in [0.05, 0.1) is 13.7 Å².